The Morgan fingerprint density at radius 2 is 1.48 bits per heavy atom. The van der Waals surface area contributed by atoms with Gasteiger partial charge < -0.3 is 4.74 Å². The van der Waals surface area contributed by atoms with Crippen molar-refractivity contribution in [2.75, 3.05) is 11.9 Å². The standard InChI is InChI=1S/C11H12N4O8/c1-6(2)23-11(16)12(3)10-8(14(19)20)4-7(13(17)18)5-9(10)15(21)22/h4-6H,1-3H3. The van der Waals surface area contributed by atoms with Crippen LogP contribution >= 0.6 is 0 Å². The molecule has 0 radical (unpaired) electrons. The maximum Gasteiger partial charge on any atom is 0.414 e. The summed E-state index contributed by atoms with van der Waals surface area (Å²) in [6.45, 7) is 3.04. The van der Waals surface area contributed by atoms with E-state index in [2.05, 4.69) is 0 Å². The normalized spacial score (nSPS) is 10.3. The van der Waals surface area contributed by atoms with E-state index in [1.54, 1.807) is 0 Å². The first-order valence-corrected chi connectivity index (χ1v) is 6.11. The van der Waals surface area contributed by atoms with Gasteiger partial charge in [-0.15, -0.1) is 0 Å². The summed E-state index contributed by atoms with van der Waals surface area (Å²) in [7, 11) is 1.03. The third-order valence-electron chi connectivity index (χ3n) is 2.60. The first-order valence-electron chi connectivity index (χ1n) is 6.11. The predicted molar refractivity (Wildman–Crippen MR) is 76.4 cm³/mol. The van der Waals surface area contributed by atoms with Crippen molar-refractivity contribution in [2.45, 2.75) is 20.0 Å². The Morgan fingerprint density at radius 3 is 1.78 bits per heavy atom. The molecule has 0 unspecified atom stereocenters. The van der Waals surface area contributed by atoms with Crippen LogP contribution < -0.4 is 4.90 Å². The van der Waals surface area contributed by atoms with Gasteiger partial charge in [0.25, 0.3) is 5.69 Å². The van der Waals surface area contributed by atoms with E-state index in [0.717, 1.165) is 7.05 Å². The molecular formula is C11H12N4O8. The summed E-state index contributed by atoms with van der Waals surface area (Å²) in [5, 5.41) is 33.0. The SMILES string of the molecule is CC(C)OC(=O)N(C)c1c([N+](=O)[O-])cc([N+](=O)[O-])cc1[N+](=O)[O-]. The van der Waals surface area contributed by atoms with Crippen molar-refractivity contribution in [2.24, 2.45) is 0 Å². The number of amides is 1. The molecule has 12 heteroatoms. The molecule has 12 nitrogen and oxygen atoms in total. The third kappa shape index (κ3) is 3.87. The van der Waals surface area contributed by atoms with Gasteiger partial charge in [-0.25, -0.2) is 4.79 Å². The molecule has 0 fully saturated rings. The van der Waals surface area contributed by atoms with E-state index in [4.69, 9.17) is 4.74 Å². The Kier molecular flexibility index (Phi) is 5.12. The molecule has 23 heavy (non-hydrogen) atoms. The molecule has 0 heterocycles. The van der Waals surface area contributed by atoms with Gasteiger partial charge in [-0.2, -0.15) is 0 Å². The number of nitro benzene ring substituents is 3. The van der Waals surface area contributed by atoms with E-state index in [1.807, 2.05) is 0 Å². The zero-order valence-corrected chi connectivity index (χ0v) is 12.3. The summed E-state index contributed by atoms with van der Waals surface area (Å²) in [4.78, 5) is 42.3. The van der Waals surface area contributed by atoms with Crippen LogP contribution in [0.15, 0.2) is 12.1 Å². The molecule has 0 saturated carbocycles. The summed E-state index contributed by atoms with van der Waals surface area (Å²) in [6.07, 6.45) is -1.64. The van der Waals surface area contributed by atoms with E-state index >= 15 is 0 Å². The number of anilines is 1. The number of hydrogen-bond donors (Lipinski definition) is 0. The molecule has 0 aliphatic heterocycles. The number of ether oxygens (including phenoxy) is 1. The zero-order chi connectivity index (χ0) is 17.9. The van der Waals surface area contributed by atoms with Crippen LogP contribution in [0.4, 0.5) is 27.5 Å². The molecular weight excluding hydrogens is 316 g/mol. The highest BCUT2D eigenvalue weighted by Crippen LogP contribution is 2.40. The largest absolute Gasteiger partial charge is 0.446 e. The molecule has 1 amide bonds. The van der Waals surface area contributed by atoms with Crippen LogP contribution in [-0.2, 0) is 4.74 Å². The molecule has 0 N–H and O–H groups in total. The molecule has 0 aliphatic carbocycles. The quantitative estimate of drug-likeness (QED) is 0.588. The molecule has 124 valence electrons. The average molecular weight is 328 g/mol. The smallest absolute Gasteiger partial charge is 0.414 e. The Hall–Kier alpha value is -3.31. The highest BCUT2D eigenvalue weighted by atomic mass is 16.6. The summed E-state index contributed by atoms with van der Waals surface area (Å²) in [5.41, 5.74) is -3.43. The van der Waals surface area contributed by atoms with E-state index < -0.39 is 49.7 Å². The average Bonchev–Trinajstić information content (AvgIpc) is 2.43. The number of non-ortho nitro benzene ring substituents is 1. The minimum absolute atomic E-state index is 0.543. The van der Waals surface area contributed by atoms with E-state index in [0.29, 0.717) is 17.0 Å². The lowest BCUT2D eigenvalue weighted by Crippen LogP contribution is -2.30. The Labute approximate surface area is 128 Å². The molecule has 0 aliphatic rings. The van der Waals surface area contributed by atoms with Crippen molar-refractivity contribution in [3.05, 3.63) is 42.5 Å². The van der Waals surface area contributed by atoms with Gasteiger partial charge >= 0.3 is 17.5 Å². The van der Waals surface area contributed by atoms with Crippen molar-refractivity contribution in [1.82, 2.24) is 0 Å². The van der Waals surface area contributed by atoms with Crippen molar-refractivity contribution >= 4 is 28.8 Å². The minimum atomic E-state index is -1.07. The number of nitro groups is 3. The summed E-state index contributed by atoms with van der Waals surface area (Å²) in [6, 6.07) is 1.09. The van der Waals surface area contributed by atoms with Crippen molar-refractivity contribution in [1.29, 1.82) is 0 Å². The fourth-order valence-electron chi connectivity index (χ4n) is 1.69. The van der Waals surface area contributed by atoms with E-state index in [9.17, 15) is 35.1 Å². The summed E-state index contributed by atoms with van der Waals surface area (Å²) < 4.78 is 4.82. The Bertz CT molecular complexity index is 652. The van der Waals surface area contributed by atoms with Gasteiger partial charge in [-0.1, -0.05) is 0 Å². The van der Waals surface area contributed by atoms with Gasteiger partial charge in [0, 0.05) is 7.05 Å². The maximum atomic E-state index is 11.8. The molecule has 0 bridgehead atoms. The second-order valence-electron chi connectivity index (χ2n) is 4.60. The van der Waals surface area contributed by atoms with Gasteiger partial charge in [-0.3, -0.25) is 35.2 Å². The summed E-state index contributed by atoms with van der Waals surface area (Å²) in [5.74, 6) is 0. The van der Waals surface area contributed by atoms with Crippen molar-refractivity contribution in [3.8, 4) is 0 Å². The van der Waals surface area contributed by atoms with Gasteiger partial charge in [0.15, 0.2) is 0 Å². The van der Waals surface area contributed by atoms with E-state index in [1.165, 1.54) is 13.8 Å². The maximum absolute atomic E-state index is 11.8. The topological polar surface area (TPSA) is 159 Å². The number of rotatable bonds is 5. The Morgan fingerprint density at radius 1 is 1.04 bits per heavy atom. The van der Waals surface area contributed by atoms with E-state index in [-0.39, 0.29) is 0 Å². The number of benzene rings is 1. The van der Waals surface area contributed by atoms with Crippen LogP contribution in [0.2, 0.25) is 0 Å². The van der Waals surface area contributed by atoms with Crippen LogP contribution in [0.3, 0.4) is 0 Å². The number of nitrogens with zero attached hydrogens (tertiary/aromatic N) is 4. The fourth-order valence-corrected chi connectivity index (χ4v) is 1.69. The first-order chi connectivity index (χ1) is 10.6. The highest BCUT2D eigenvalue weighted by Gasteiger charge is 2.35. The van der Waals surface area contributed by atoms with Gasteiger partial charge in [-0.05, 0) is 13.8 Å². The number of carbonyl (C=O) groups is 1. The molecule has 0 atom stereocenters. The molecule has 0 saturated heterocycles. The minimum Gasteiger partial charge on any atom is -0.446 e. The second kappa shape index (κ2) is 6.64. The zero-order valence-electron chi connectivity index (χ0n) is 12.3. The van der Waals surface area contributed by atoms with Crippen LogP contribution in [-0.4, -0.2) is 34.0 Å². The van der Waals surface area contributed by atoms with Crippen LogP contribution in [0.5, 0.6) is 0 Å². The second-order valence-corrected chi connectivity index (χ2v) is 4.60. The highest BCUT2D eigenvalue weighted by molar-refractivity contribution is 5.94. The molecule has 1 rings (SSSR count). The Balaban J connectivity index is 3.61. The van der Waals surface area contributed by atoms with Crippen molar-refractivity contribution in [3.63, 3.8) is 0 Å². The third-order valence-corrected chi connectivity index (χ3v) is 2.60. The van der Waals surface area contributed by atoms with Gasteiger partial charge in [0.05, 0.1) is 33.0 Å². The lowest BCUT2D eigenvalue weighted by atomic mass is 10.2. The van der Waals surface area contributed by atoms with Gasteiger partial charge in [0.1, 0.15) is 0 Å². The van der Waals surface area contributed by atoms with Crippen molar-refractivity contribution < 1.29 is 24.3 Å². The number of carbonyl (C=O) groups excluding carboxylic acids is 1. The molecule has 1 aromatic rings. The number of hydrogen-bond acceptors (Lipinski definition) is 8. The van der Waals surface area contributed by atoms with Crippen LogP contribution in [0, 0.1) is 30.3 Å². The lowest BCUT2D eigenvalue weighted by molar-refractivity contribution is -0.402. The van der Waals surface area contributed by atoms with Crippen LogP contribution in [0.1, 0.15) is 13.8 Å². The van der Waals surface area contributed by atoms with Gasteiger partial charge in [0.2, 0.25) is 5.69 Å². The monoisotopic (exact) mass is 328 g/mol. The first kappa shape index (κ1) is 17.7. The molecule has 0 aromatic heterocycles. The molecule has 1 aromatic carbocycles. The predicted octanol–water partition coefficient (Wildman–Crippen LogP) is 2.39. The molecule has 0 spiro atoms. The summed E-state index contributed by atoms with van der Waals surface area (Å²) >= 11 is 0. The lowest BCUT2D eigenvalue weighted by Gasteiger charge is -2.18. The van der Waals surface area contributed by atoms with Crippen LogP contribution in [0.25, 0.3) is 0 Å². The fraction of sp³-hybridized carbons (Fsp3) is 0.364.